The van der Waals surface area contributed by atoms with E-state index in [2.05, 4.69) is 0 Å². The number of ether oxygens (including phenoxy) is 3. The zero-order valence-corrected chi connectivity index (χ0v) is 21.0. The van der Waals surface area contributed by atoms with Crippen molar-refractivity contribution >= 4 is 22.7 Å². The lowest BCUT2D eigenvalue weighted by molar-refractivity contribution is -0.160. The Morgan fingerprint density at radius 3 is 2.11 bits per heavy atom. The average molecular weight is 505 g/mol. The molecule has 4 rings (SSSR count). The van der Waals surface area contributed by atoms with E-state index in [1.807, 2.05) is 42.5 Å². The summed E-state index contributed by atoms with van der Waals surface area (Å²) in [5, 5.41) is 0. The van der Waals surface area contributed by atoms with Crippen molar-refractivity contribution in [1.82, 2.24) is 0 Å². The van der Waals surface area contributed by atoms with Gasteiger partial charge in [0.15, 0.2) is 5.60 Å². The third-order valence-corrected chi connectivity index (χ3v) is 7.10. The van der Waals surface area contributed by atoms with Gasteiger partial charge < -0.3 is 48.6 Å². The molecule has 3 atom stereocenters. The Bertz CT molecular complexity index is 1270. The summed E-state index contributed by atoms with van der Waals surface area (Å²) in [7, 11) is 1.64. The maximum atomic E-state index is 7.24. The number of methoxy groups -OCH3 is 1. The molecular formula is C28H36N6O3. The topological polar surface area (TPSA) is 184 Å². The zero-order chi connectivity index (χ0) is 26.7. The van der Waals surface area contributed by atoms with E-state index in [1.54, 1.807) is 43.5 Å². The van der Waals surface area contributed by atoms with Gasteiger partial charge in [-0.3, -0.25) is 0 Å². The third kappa shape index (κ3) is 4.83. The Balaban J connectivity index is 1.84. The van der Waals surface area contributed by atoms with Crippen LogP contribution in [0.4, 0.5) is 22.7 Å². The Morgan fingerprint density at radius 2 is 1.54 bits per heavy atom. The molecular weight excluding hydrogens is 468 g/mol. The molecule has 0 saturated heterocycles. The van der Waals surface area contributed by atoms with Crippen molar-refractivity contribution < 1.29 is 14.2 Å². The second-order valence-electron chi connectivity index (χ2n) is 9.52. The predicted octanol–water partition coefficient (Wildman–Crippen LogP) is 3.00. The van der Waals surface area contributed by atoms with Crippen LogP contribution in [0.3, 0.4) is 0 Å². The number of hydrogen-bond acceptors (Lipinski definition) is 9. The molecule has 2 aromatic carbocycles. The van der Waals surface area contributed by atoms with Gasteiger partial charge in [0.25, 0.3) is 0 Å². The smallest absolute Gasteiger partial charge is 0.167 e. The summed E-state index contributed by atoms with van der Waals surface area (Å²) in [4.78, 5) is 0. The summed E-state index contributed by atoms with van der Waals surface area (Å²) < 4.78 is 19.3. The number of nitrogens with two attached hydrogens (primary N) is 6. The lowest BCUT2D eigenvalue weighted by Crippen LogP contribution is -2.74. The molecule has 2 aromatic rings. The number of benzene rings is 2. The highest BCUT2D eigenvalue weighted by molar-refractivity contribution is 5.62. The number of allylic oxidation sites excluding steroid dienone is 4. The molecule has 9 nitrogen and oxygen atoms in total. The molecule has 0 fully saturated rings. The van der Waals surface area contributed by atoms with Gasteiger partial charge >= 0.3 is 0 Å². The maximum absolute atomic E-state index is 7.24. The van der Waals surface area contributed by atoms with Crippen LogP contribution >= 0.6 is 0 Å². The normalized spacial score (nSPS) is 24.3. The average Bonchev–Trinajstić information content (AvgIpc) is 2.86. The van der Waals surface area contributed by atoms with E-state index in [1.165, 1.54) is 0 Å². The third-order valence-electron chi connectivity index (χ3n) is 7.10. The highest BCUT2D eigenvalue weighted by Crippen LogP contribution is 2.49. The van der Waals surface area contributed by atoms with E-state index >= 15 is 0 Å². The minimum absolute atomic E-state index is 0.196. The first kappa shape index (κ1) is 26.0. The minimum Gasteiger partial charge on any atom is -0.491 e. The van der Waals surface area contributed by atoms with Crippen LogP contribution in [-0.4, -0.2) is 30.5 Å². The quantitative estimate of drug-likeness (QED) is 0.279. The van der Waals surface area contributed by atoms with Gasteiger partial charge in [0.2, 0.25) is 0 Å². The number of hydrogen-bond donors (Lipinski definition) is 6. The molecule has 12 N–H and O–H groups in total. The molecule has 3 unspecified atom stereocenters. The minimum atomic E-state index is -1.24. The van der Waals surface area contributed by atoms with Gasteiger partial charge in [0.1, 0.15) is 17.1 Å². The second kappa shape index (κ2) is 10.1. The fraction of sp³-hybridized carbons (Fsp3) is 0.286. The molecule has 0 bridgehead atoms. The molecule has 196 valence electrons. The molecule has 9 heteroatoms. The first-order valence-electron chi connectivity index (χ1n) is 12.1. The van der Waals surface area contributed by atoms with Gasteiger partial charge in [-0.05, 0) is 48.6 Å². The highest BCUT2D eigenvalue weighted by atomic mass is 16.6. The molecule has 0 amide bonds. The Kier molecular flexibility index (Phi) is 7.11. The molecule has 0 spiro atoms. The van der Waals surface area contributed by atoms with Gasteiger partial charge in [-0.1, -0.05) is 30.4 Å². The summed E-state index contributed by atoms with van der Waals surface area (Å²) >= 11 is 0. The van der Waals surface area contributed by atoms with Crippen LogP contribution in [0.2, 0.25) is 0 Å². The van der Waals surface area contributed by atoms with Crippen LogP contribution in [0.1, 0.15) is 19.3 Å². The van der Waals surface area contributed by atoms with Crippen molar-refractivity contribution in [3.63, 3.8) is 0 Å². The molecule has 0 radical (unpaired) electrons. The summed E-state index contributed by atoms with van der Waals surface area (Å²) in [6.45, 7) is 0.196. The first-order chi connectivity index (χ1) is 17.6. The van der Waals surface area contributed by atoms with E-state index in [0.29, 0.717) is 59.2 Å². The van der Waals surface area contributed by atoms with E-state index in [9.17, 15) is 0 Å². The molecule has 2 aliphatic carbocycles. The summed E-state index contributed by atoms with van der Waals surface area (Å²) in [6.07, 6.45) is 14.5. The van der Waals surface area contributed by atoms with Crippen LogP contribution in [0.25, 0.3) is 0 Å². The SMILES string of the molecule is COC1(C(CCOc2ccc(N)cc2N)(Oc2ccc(N)cc2N)C2(N)C=CC=C(N)C2)C=CC=CC1. The Morgan fingerprint density at radius 1 is 0.865 bits per heavy atom. The second-order valence-corrected chi connectivity index (χ2v) is 9.52. The van der Waals surface area contributed by atoms with E-state index in [-0.39, 0.29) is 6.61 Å². The monoisotopic (exact) mass is 504 g/mol. The van der Waals surface area contributed by atoms with Crippen molar-refractivity contribution in [3.8, 4) is 11.5 Å². The lowest BCUT2D eigenvalue weighted by atomic mass is 9.62. The standard InChI is InChI=1S/C28H36N6O3/c1-35-27(12-3-2-4-13-27)28(26(34)11-5-6-21(31)18-26,37-25-10-8-20(30)17-23(25)33)14-15-36-24-9-7-19(29)16-22(24)32/h2-12,16-17H,13-15,18,29-34H2,1H3. The summed E-state index contributed by atoms with van der Waals surface area (Å²) in [5.41, 5.74) is 37.0. The van der Waals surface area contributed by atoms with Crippen molar-refractivity contribution in [1.29, 1.82) is 0 Å². The Labute approximate surface area is 217 Å². The Hall–Kier alpha value is -4.08. The maximum Gasteiger partial charge on any atom is 0.167 e. The lowest BCUT2D eigenvalue weighted by Gasteiger charge is -2.56. The number of rotatable bonds is 9. The van der Waals surface area contributed by atoms with Crippen molar-refractivity contribution in [2.24, 2.45) is 11.5 Å². The largest absolute Gasteiger partial charge is 0.491 e. The van der Waals surface area contributed by atoms with Crippen LogP contribution < -0.4 is 43.9 Å². The van der Waals surface area contributed by atoms with E-state index in [0.717, 1.165) is 0 Å². The van der Waals surface area contributed by atoms with Gasteiger partial charge in [-0.2, -0.15) is 0 Å². The van der Waals surface area contributed by atoms with Gasteiger partial charge in [-0.15, -0.1) is 0 Å². The van der Waals surface area contributed by atoms with Gasteiger partial charge in [0, 0.05) is 43.4 Å². The fourth-order valence-electron chi connectivity index (χ4n) is 5.21. The predicted molar refractivity (Wildman–Crippen MR) is 150 cm³/mol. The van der Waals surface area contributed by atoms with Crippen LogP contribution in [0.15, 0.2) is 84.6 Å². The van der Waals surface area contributed by atoms with Gasteiger partial charge in [0.05, 0.1) is 23.5 Å². The summed E-state index contributed by atoms with van der Waals surface area (Å²) in [5.74, 6) is 0.928. The molecule has 37 heavy (non-hydrogen) atoms. The molecule has 0 heterocycles. The first-order valence-corrected chi connectivity index (χ1v) is 12.1. The van der Waals surface area contributed by atoms with E-state index in [4.69, 9.17) is 48.6 Å². The van der Waals surface area contributed by atoms with Crippen LogP contribution in [0, 0.1) is 0 Å². The molecule has 0 aromatic heterocycles. The molecule has 2 aliphatic rings. The molecule has 0 saturated carbocycles. The zero-order valence-electron chi connectivity index (χ0n) is 21.0. The number of nitrogen functional groups attached to an aromatic ring is 4. The van der Waals surface area contributed by atoms with Crippen molar-refractivity contribution in [3.05, 3.63) is 84.6 Å². The van der Waals surface area contributed by atoms with E-state index < -0.39 is 16.7 Å². The fourth-order valence-corrected chi connectivity index (χ4v) is 5.21. The van der Waals surface area contributed by atoms with Crippen LogP contribution in [0.5, 0.6) is 11.5 Å². The van der Waals surface area contributed by atoms with Crippen molar-refractivity contribution in [2.45, 2.75) is 36.0 Å². The van der Waals surface area contributed by atoms with Gasteiger partial charge in [-0.25, -0.2) is 0 Å². The van der Waals surface area contributed by atoms with Crippen LogP contribution in [-0.2, 0) is 4.74 Å². The molecule has 0 aliphatic heterocycles. The van der Waals surface area contributed by atoms with Crippen molar-refractivity contribution in [2.75, 3.05) is 36.7 Å². The highest BCUT2D eigenvalue weighted by Gasteiger charge is 2.63. The summed E-state index contributed by atoms with van der Waals surface area (Å²) in [6, 6.07) is 10.2. The number of anilines is 4.